The molecule has 6 heteroatoms. The van der Waals surface area contributed by atoms with E-state index in [9.17, 15) is 4.79 Å². The summed E-state index contributed by atoms with van der Waals surface area (Å²) in [6.07, 6.45) is 0. The van der Waals surface area contributed by atoms with E-state index in [1.54, 1.807) is 7.11 Å². The van der Waals surface area contributed by atoms with E-state index < -0.39 is 10.8 Å². The van der Waals surface area contributed by atoms with E-state index in [0.717, 1.165) is 16.7 Å². The molecular formula is C23H24ClNO2S2. The normalized spacial score (nSPS) is 12.1. The van der Waals surface area contributed by atoms with Crippen LogP contribution in [0.3, 0.4) is 0 Å². The minimum atomic E-state index is -0.684. The molecule has 2 N–H and O–H groups in total. The van der Waals surface area contributed by atoms with Crippen LogP contribution in [0.5, 0.6) is 0 Å². The van der Waals surface area contributed by atoms with Crippen molar-refractivity contribution < 1.29 is 8.98 Å². The van der Waals surface area contributed by atoms with Crippen LogP contribution in [-0.4, -0.2) is 24.0 Å². The summed E-state index contributed by atoms with van der Waals surface area (Å²) in [5.41, 5.74) is 9.29. The highest BCUT2D eigenvalue weighted by molar-refractivity contribution is 8.15. The molecule has 1 atom stereocenters. The predicted molar refractivity (Wildman–Crippen MR) is 126 cm³/mol. The fourth-order valence-corrected chi connectivity index (χ4v) is 4.97. The van der Waals surface area contributed by atoms with E-state index in [1.165, 1.54) is 23.8 Å². The van der Waals surface area contributed by atoms with Gasteiger partial charge in [0.2, 0.25) is 5.12 Å². The highest BCUT2D eigenvalue weighted by atomic mass is 35.5. The summed E-state index contributed by atoms with van der Waals surface area (Å²) in [6.45, 7) is 0. The van der Waals surface area contributed by atoms with Gasteiger partial charge in [0.25, 0.3) is 0 Å². The third-order valence-corrected chi connectivity index (χ3v) is 6.71. The van der Waals surface area contributed by atoms with Crippen LogP contribution in [0, 0.1) is 0 Å². The molecule has 3 nitrogen and oxygen atoms in total. The van der Waals surface area contributed by atoms with Crippen molar-refractivity contribution in [1.82, 2.24) is 0 Å². The first-order valence-corrected chi connectivity index (χ1v) is 10.7. The molecule has 0 aliphatic rings. The molecule has 0 amide bonds. The highest BCUT2D eigenvalue weighted by Crippen LogP contribution is 2.49. The van der Waals surface area contributed by atoms with Crippen molar-refractivity contribution in [3.63, 3.8) is 0 Å². The van der Waals surface area contributed by atoms with Crippen molar-refractivity contribution in [2.75, 3.05) is 12.9 Å². The molecule has 3 aromatic rings. The maximum absolute atomic E-state index is 13.2. The molecule has 0 aromatic heterocycles. The van der Waals surface area contributed by atoms with Gasteiger partial charge in [-0.3, -0.25) is 4.79 Å². The van der Waals surface area contributed by atoms with E-state index in [-0.39, 0.29) is 17.5 Å². The van der Waals surface area contributed by atoms with Crippen LogP contribution in [0.25, 0.3) is 0 Å². The van der Waals surface area contributed by atoms with Crippen molar-refractivity contribution in [2.24, 2.45) is 5.73 Å². The van der Waals surface area contributed by atoms with E-state index >= 15 is 0 Å². The van der Waals surface area contributed by atoms with Crippen LogP contribution >= 0.6 is 36.2 Å². The quantitative estimate of drug-likeness (QED) is 0.377. The second-order valence-electron chi connectivity index (χ2n) is 6.26. The number of hydrogen-bond donors (Lipinski definition) is 1. The Morgan fingerprint density at radius 2 is 1.24 bits per heavy atom. The van der Waals surface area contributed by atoms with Crippen molar-refractivity contribution in [2.45, 2.75) is 10.8 Å². The molecule has 3 aromatic carbocycles. The Balaban J connectivity index is 0.00000300. The topological polar surface area (TPSA) is 52.3 Å². The molecule has 0 radical (unpaired) electrons. The molecule has 0 heterocycles. The minimum Gasteiger partial charge on any atom is -0.320 e. The molecule has 0 spiro atoms. The number of halogens is 1. The van der Waals surface area contributed by atoms with E-state index in [4.69, 9.17) is 9.92 Å². The van der Waals surface area contributed by atoms with Gasteiger partial charge in [-0.25, -0.2) is 0 Å². The van der Waals surface area contributed by atoms with Crippen molar-refractivity contribution >= 4 is 41.3 Å². The summed E-state index contributed by atoms with van der Waals surface area (Å²) in [6, 6.07) is 29.7. The Morgan fingerprint density at radius 3 is 1.59 bits per heavy atom. The smallest absolute Gasteiger partial charge is 0.208 e. The first kappa shape index (κ1) is 23.5. The molecule has 0 aliphatic carbocycles. The number of benzene rings is 3. The summed E-state index contributed by atoms with van der Waals surface area (Å²) < 4.78 is 4.34. The lowest BCUT2D eigenvalue weighted by Gasteiger charge is -2.35. The number of carbonyl (C=O) groups is 1. The van der Waals surface area contributed by atoms with Crippen LogP contribution < -0.4 is 5.73 Å². The van der Waals surface area contributed by atoms with Gasteiger partial charge in [0, 0.05) is 5.75 Å². The van der Waals surface area contributed by atoms with Gasteiger partial charge in [-0.05, 0) is 28.7 Å². The van der Waals surface area contributed by atoms with Gasteiger partial charge in [-0.15, -0.1) is 12.4 Å². The Bertz CT molecular complexity index is 782. The SMILES string of the molecule is COSC[C@@H](N)C(=O)SC(c1ccccc1)(c1ccccc1)c1ccccc1.Cl. The molecule has 0 bridgehead atoms. The van der Waals surface area contributed by atoms with Crippen molar-refractivity contribution in [1.29, 1.82) is 0 Å². The molecule has 0 fully saturated rings. The molecule has 29 heavy (non-hydrogen) atoms. The molecule has 152 valence electrons. The monoisotopic (exact) mass is 445 g/mol. The number of hydrogen-bond acceptors (Lipinski definition) is 5. The molecule has 3 rings (SSSR count). The van der Waals surface area contributed by atoms with E-state index in [0.29, 0.717) is 5.75 Å². The maximum Gasteiger partial charge on any atom is 0.208 e. The summed E-state index contributed by atoms with van der Waals surface area (Å²) in [5, 5.41) is -0.0684. The molecule has 0 unspecified atom stereocenters. The number of nitrogens with two attached hydrogens (primary N) is 1. The van der Waals surface area contributed by atoms with Crippen LogP contribution in [0.2, 0.25) is 0 Å². The molecule has 0 saturated carbocycles. The Morgan fingerprint density at radius 1 is 0.862 bits per heavy atom. The third kappa shape index (κ3) is 5.44. The Hall–Kier alpha value is -1.76. The van der Waals surface area contributed by atoms with E-state index in [1.807, 2.05) is 54.6 Å². The van der Waals surface area contributed by atoms with Crippen molar-refractivity contribution in [3.8, 4) is 0 Å². The van der Waals surface area contributed by atoms with Crippen LogP contribution in [-0.2, 0) is 13.7 Å². The summed E-state index contributed by atoms with van der Waals surface area (Å²) in [5.74, 6) is 0.413. The van der Waals surface area contributed by atoms with Gasteiger partial charge >= 0.3 is 0 Å². The molecule has 0 aliphatic heterocycles. The first-order chi connectivity index (χ1) is 13.7. The second-order valence-corrected chi connectivity index (χ2v) is 8.38. The van der Waals surface area contributed by atoms with Gasteiger partial charge in [0.05, 0.1) is 17.9 Å². The number of thioether (sulfide) groups is 1. The minimum absolute atomic E-state index is 0. The van der Waals surface area contributed by atoms with Gasteiger partial charge in [0.1, 0.15) is 0 Å². The lowest BCUT2D eigenvalue weighted by Crippen LogP contribution is -2.36. The largest absolute Gasteiger partial charge is 0.320 e. The Kier molecular flexibility index (Phi) is 9.27. The fourth-order valence-electron chi connectivity index (χ4n) is 3.13. The van der Waals surface area contributed by atoms with Crippen LogP contribution in [0.15, 0.2) is 91.0 Å². The Labute approximate surface area is 187 Å². The standard InChI is InChI=1S/C23H23NO2S2.ClH/c1-26-27-17-21(24)22(25)28-23(18-11-5-2-6-12-18,19-13-7-3-8-14-19)20-15-9-4-10-16-20;/h2-16,21H,17,24H2,1H3;1H/t21-;/m1./s1. The average molecular weight is 446 g/mol. The molecule has 0 saturated heterocycles. The molecular weight excluding hydrogens is 422 g/mol. The second kappa shape index (κ2) is 11.4. The van der Waals surface area contributed by atoms with Gasteiger partial charge in [-0.2, -0.15) is 0 Å². The van der Waals surface area contributed by atoms with Crippen molar-refractivity contribution in [3.05, 3.63) is 108 Å². The zero-order chi connectivity index (χ0) is 19.8. The highest BCUT2D eigenvalue weighted by Gasteiger charge is 2.40. The number of carbonyl (C=O) groups excluding carboxylic acids is 1. The third-order valence-electron chi connectivity index (χ3n) is 4.46. The zero-order valence-corrected chi connectivity index (χ0v) is 18.5. The summed E-state index contributed by atoms with van der Waals surface area (Å²) in [7, 11) is 1.58. The maximum atomic E-state index is 13.2. The lowest BCUT2D eigenvalue weighted by molar-refractivity contribution is -0.111. The van der Waals surface area contributed by atoms with Crippen LogP contribution in [0.4, 0.5) is 0 Å². The van der Waals surface area contributed by atoms with E-state index in [2.05, 4.69) is 36.4 Å². The predicted octanol–water partition coefficient (Wildman–Crippen LogP) is 5.28. The van der Waals surface area contributed by atoms with Crippen LogP contribution in [0.1, 0.15) is 16.7 Å². The van der Waals surface area contributed by atoms with Gasteiger partial charge in [0.15, 0.2) is 0 Å². The lowest BCUT2D eigenvalue weighted by atomic mass is 9.84. The average Bonchev–Trinajstić information content (AvgIpc) is 2.77. The van der Waals surface area contributed by atoms with Gasteiger partial charge in [-0.1, -0.05) is 103 Å². The number of rotatable bonds is 8. The first-order valence-electron chi connectivity index (χ1n) is 8.99. The summed E-state index contributed by atoms with van der Waals surface area (Å²) in [4.78, 5) is 13.2. The fraction of sp³-hybridized carbons (Fsp3) is 0.174. The van der Waals surface area contributed by atoms with Gasteiger partial charge < -0.3 is 9.92 Å². The summed E-state index contributed by atoms with van der Waals surface area (Å²) >= 11 is 2.48. The zero-order valence-electron chi connectivity index (χ0n) is 16.1.